The lowest BCUT2D eigenvalue weighted by Gasteiger charge is -2.19. The number of anilines is 1. The fourth-order valence-electron chi connectivity index (χ4n) is 1.87. The first-order valence-electron chi connectivity index (χ1n) is 5.50. The number of aromatic nitrogens is 1. The number of pyridine rings is 1. The number of fused-ring (bicyclic) bond motifs is 1. The van der Waals surface area contributed by atoms with E-state index in [1.807, 2.05) is 18.1 Å². The summed E-state index contributed by atoms with van der Waals surface area (Å²) in [5.74, 6) is 0.900. The van der Waals surface area contributed by atoms with Gasteiger partial charge in [-0.2, -0.15) is 0 Å². The third kappa shape index (κ3) is 2.42. The Kier molecular flexibility index (Phi) is 3.64. The summed E-state index contributed by atoms with van der Waals surface area (Å²) in [7, 11) is 1.94. The lowest BCUT2D eigenvalue weighted by Crippen LogP contribution is -2.22. The summed E-state index contributed by atoms with van der Waals surface area (Å²) < 4.78 is 0.998. The second kappa shape index (κ2) is 5.02. The molecule has 2 aromatic rings. The zero-order valence-electron chi connectivity index (χ0n) is 9.94. The summed E-state index contributed by atoms with van der Waals surface area (Å²) in [6.45, 7) is 2.78. The van der Waals surface area contributed by atoms with Gasteiger partial charge in [-0.3, -0.25) is 0 Å². The number of hydrogen-bond acceptors (Lipinski definition) is 3. The SMILES string of the molecule is Cc1ccc2c(N(C)CCO)ncc(Br)c2c1. The first-order chi connectivity index (χ1) is 8.13. The van der Waals surface area contributed by atoms with Crippen LogP contribution in [-0.2, 0) is 0 Å². The second-order valence-electron chi connectivity index (χ2n) is 4.12. The van der Waals surface area contributed by atoms with Crippen LogP contribution >= 0.6 is 15.9 Å². The third-order valence-corrected chi connectivity index (χ3v) is 3.40. The van der Waals surface area contributed by atoms with Crippen LogP contribution < -0.4 is 4.90 Å². The molecule has 1 N–H and O–H groups in total. The first kappa shape index (κ1) is 12.3. The van der Waals surface area contributed by atoms with E-state index in [0.717, 1.165) is 21.1 Å². The fraction of sp³-hybridized carbons (Fsp3) is 0.308. The van der Waals surface area contributed by atoms with Gasteiger partial charge in [0.2, 0.25) is 0 Å². The molecule has 3 nitrogen and oxygen atoms in total. The van der Waals surface area contributed by atoms with Crippen molar-refractivity contribution in [2.24, 2.45) is 0 Å². The van der Waals surface area contributed by atoms with Gasteiger partial charge < -0.3 is 10.0 Å². The Morgan fingerprint density at radius 2 is 2.12 bits per heavy atom. The van der Waals surface area contributed by atoms with Gasteiger partial charge in [-0.25, -0.2) is 4.98 Å². The molecule has 1 heterocycles. The zero-order valence-corrected chi connectivity index (χ0v) is 11.5. The predicted octanol–water partition coefficient (Wildman–Crippen LogP) is 2.73. The average molecular weight is 295 g/mol. The molecule has 0 unspecified atom stereocenters. The highest BCUT2D eigenvalue weighted by Crippen LogP contribution is 2.30. The molecule has 17 heavy (non-hydrogen) atoms. The molecule has 1 aromatic heterocycles. The van der Waals surface area contributed by atoms with E-state index in [1.165, 1.54) is 5.56 Å². The molecule has 0 atom stereocenters. The molecule has 0 saturated carbocycles. The van der Waals surface area contributed by atoms with Crippen LogP contribution in [0.5, 0.6) is 0 Å². The van der Waals surface area contributed by atoms with Crippen LogP contribution in [0.25, 0.3) is 10.8 Å². The molecule has 0 fully saturated rings. The van der Waals surface area contributed by atoms with Crippen LogP contribution in [0.15, 0.2) is 28.9 Å². The van der Waals surface area contributed by atoms with E-state index in [-0.39, 0.29) is 6.61 Å². The number of likely N-dealkylation sites (N-methyl/N-ethyl adjacent to an activating group) is 1. The highest BCUT2D eigenvalue weighted by Gasteiger charge is 2.09. The molecular weight excluding hydrogens is 280 g/mol. The Morgan fingerprint density at radius 3 is 2.82 bits per heavy atom. The van der Waals surface area contributed by atoms with Gasteiger partial charge in [-0.1, -0.05) is 23.8 Å². The highest BCUT2D eigenvalue weighted by atomic mass is 79.9. The Morgan fingerprint density at radius 1 is 1.35 bits per heavy atom. The van der Waals surface area contributed by atoms with Gasteiger partial charge in [0.05, 0.1) is 6.61 Å². The van der Waals surface area contributed by atoms with Crippen molar-refractivity contribution >= 4 is 32.5 Å². The summed E-state index contributed by atoms with van der Waals surface area (Å²) in [5.41, 5.74) is 1.22. The van der Waals surface area contributed by atoms with E-state index in [1.54, 1.807) is 0 Å². The number of aliphatic hydroxyl groups excluding tert-OH is 1. The van der Waals surface area contributed by atoms with E-state index in [9.17, 15) is 0 Å². The lowest BCUT2D eigenvalue weighted by molar-refractivity contribution is 0.304. The molecule has 0 radical (unpaired) electrons. The molecule has 0 aliphatic heterocycles. The van der Waals surface area contributed by atoms with Crippen molar-refractivity contribution in [3.8, 4) is 0 Å². The van der Waals surface area contributed by atoms with Crippen molar-refractivity contribution in [3.05, 3.63) is 34.4 Å². The Hall–Kier alpha value is -1.13. The number of benzene rings is 1. The maximum absolute atomic E-state index is 8.99. The predicted molar refractivity (Wildman–Crippen MR) is 74.5 cm³/mol. The molecule has 2 rings (SSSR count). The van der Waals surface area contributed by atoms with Crippen LogP contribution in [0.1, 0.15) is 5.56 Å². The third-order valence-electron chi connectivity index (χ3n) is 2.77. The minimum Gasteiger partial charge on any atom is -0.395 e. The normalized spacial score (nSPS) is 10.8. The molecule has 4 heteroatoms. The van der Waals surface area contributed by atoms with Crippen molar-refractivity contribution in [2.75, 3.05) is 25.1 Å². The number of rotatable bonds is 3. The molecule has 0 spiro atoms. The smallest absolute Gasteiger partial charge is 0.136 e. The molecule has 1 aromatic carbocycles. The van der Waals surface area contributed by atoms with Gasteiger partial charge in [0.25, 0.3) is 0 Å². The first-order valence-corrected chi connectivity index (χ1v) is 6.29. The summed E-state index contributed by atoms with van der Waals surface area (Å²) in [6.07, 6.45) is 1.81. The fourth-order valence-corrected chi connectivity index (χ4v) is 2.30. The van der Waals surface area contributed by atoms with Crippen LogP contribution in [0, 0.1) is 6.92 Å². The van der Waals surface area contributed by atoms with E-state index in [4.69, 9.17) is 5.11 Å². The minimum atomic E-state index is 0.127. The molecule has 90 valence electrons. The number of aryl methyl sites for hydroxylation is 1. The minimum absolute atomic E-state index is 0.127. The summed E-state index contributed by atoms with van der Waals surface area (Å²) in [4.78, 5) is 6.38. The van der Waals surface area contributed by atoms with Crippen molar-refractivity contribution in [1.82, 2.24) is 4.98 Å². The van der Waals surface area contributed by atoms with E-state index >= 15 is 0 Å². The highest BCUT2D eigenvalue weighted by molar-refractivity contribution is 9.10. The Balaban J connectivity index is 2.61. The van der Waals surface area contributed by atoms with Crippen molar-refractivity contribution in [3.63, 3.8) is 0 Å². The van der Waals surface area contributed by atoms with Crippen molar-refractivity contribution in [1.29, 1.82) is 0 Å². The molecule has 0 saturated heterocycles. The van der Waals surface area contributed by atoms with Gasteiger partial charge in [0, 0.05) is 35.0 Å². The Labute approximate surface area is 109 Å². The summed E-state index contributed by atoms with van der Waals surface area (Å²) >= 11 is 3.52. The maximum atomic E-state index is 8.99. The van der Waals surface area contributed by atoms with Gasteiger partial charge in [-0.05, 0) is 22.9 Å². The van der Waals surface area contributed by atoms with Crippen molar-refractivity contribution in [2.45, 2.75) is 6.92 Å². The number of aliphatic hydroxyl groups is 1. The van der Waals surface area contributed by atoms with E-state index < -0.39 is 0 Å². The van der Waals surface area contributed by atoms with Crippen LogP contribution in [0.4, 0.5) is 5.82 Å². The standard InChI is InChI=1S/C13H15BrN2O/c1-9-3-4-10-11(7-9)12(14)8-15-13(10)16(2)5-6-17/h3-4,7-8,17H,5-6H2,1-2H3. The average Bonchev–Trinajstić information content (AvgIpc) is 2.30. The van der Waals surface area contributed by atoms with Crippen LogP contribution in [0.2, 0.25) is 0 Å². The monoisotopic (exact) mass is 294 g/mol. The molecule has 0 bridgehead atoms. The maximum Gasteiger partial charge on any atom is 0.136 e. The lowest BCUT2D eigenvalue weighted by atomic mass is 10.1. The summed E-state index contributed by atoms with van der Waals surface area (Å²) in [6, 6.07) is 6.29. The van der Waals surface area contributed by atoms with Crippen LogP contribution in [-0.4, -0.2) is 30.3 Å². The topological polar surface area (TPSA) is 36.4 Å². The molecular formula is C13H15BrN2O. The number of hydrogen-bond donors (Lipinski definition) is 1. The quantitative estimate of drug-likeness (QED) is 0.946. The van der Waals surface area contributed by atoms with E-state index in [2.05, 4.69) is 46.0 Å². The Bertz CT molecular complexity index is 542. The van der Waals surface area contributed by atoms with E-state index in [0.29, 0.717) is 6.54 Å². The van der Waals surface area contributed by atoms with Gasteiger partial charge in [-0.15, -0.1) is 0 Å². The number of nitrogens with zero attached hydrogens (tertiary/aromatic N) is 2. The van der Waals surface area contributed by atoms with Crippen LogP contribution in [0.3, 0.4) is 0 Å². The molecule has 0 aliphatic carbocycles. The zero-order chi connectivity index (χ0) is 12.4. The van der Waals surface area contributed by atoms with Crippen molar-refractivity contribution < 1.29 is 5.11 Å². The second-order valence-corrected chi connectivity index (χ2v) is 4.98. The van der Waals surface area contributed by atoms with Gasteiger partial charge in [0.15, 0.2) is 0 Å². The largest absolute Gasteiger partial charge is 0.395 e. The summed E-state index contributed by atoms with van der Waals surface area (Å²) in [5, 5.41) is 11.2. The molecule has 0 amide bonds. The molecule has 0 aliphatic rings. The van der Waals surface area contributed by atoms with Gasteiger partial charge in [0.1, 0.15) is 5.82 Å². The van der Waals surface area contributed by atoms with Gasteiger partial charge >= 0.3 is 0 Å². The number of halogens is 1.